The average Bonchev–Trinajstić information content (AvgIpc) is 2.97. The highest BCUT2D eigenvalue weighted by Gasteiger charge is 2.40. The Morgan fingerprint density at radius 1 is 1.30 bits per heavy atom. The van der Waals surface area contributed by atoms with E-state index in [4.69, 9.17) is 9.47 Å². The molecule has 0 radical (unpaired) electrons. The predicted molar refractivity (Wildman–Crippen MR) is 84.3 cm³/mol. The molecule has 1 fully saturated rings. The number of carbonyl (C=O) groups is 2. The summed E-state index contributed by atoms with van der Waals surface area (Å²) in [5, 5.41) is 9.23. The van der Waals surface area contributed by atoms with Crippen LogP contribution >= 0.6 is 0 Å². The number of amides is 1. The lowest BCUT2D eigenvalue weighted by Crippen LogP contribution is -2.41. The van der Waals surface area contributed by atoms with Gasteiger partial charge in [0, 0.05) is 13.0 Å². The van der Waals surface area contributed by atoms with Crippen molar-refractivity contribution < 1.29 is 24.2 Å². The molecule has 2 rings (SSSR count). The molecule has 0 aromatic heterocycles. The van der Waals surface area contributed by atoms with Gasteiger partial charge < -0.3 is 14.6 Å². The van der Waals surface area contributed by atoms with Crippen molar-refractivity contribution in [2.45, 2.75) is 38.3 Å². The Kier molecular flexibility index (Phi) is 6.40. The van der Waals surface area contributed by atoms with Gasteiger partial charge in [-0.05, 0) is 25.3 Å². The number of hydrogen-bond donors (Lipinski definition) is 1. The molecular weight excluding hydrogens is 298 g/mol. The second-order valence-electron chi connectivity index (χ2n) is 5.52. The Balaban J connectivity index is 1.78. The molecule has 1 aromatic carbocycles. The number of nitrogens with zero attached hydrogens (tertiary/aromatic N) is 1. The van der Waals surface area contributed by atoms with Crippen LogP contribution in [0.5, 0.6) is 0 Å². The molecule has 1 aliphatic rings. The van der Waals surface area contributed by atoms with E-state index in [1.54, 1.807) is 0 Å². The Bertz CT molecular complexity index is 519. The van der Waals surface area contributed by atoms with Crippen LogP contribution in [-0.4, -0.2) is 54.0 Å². The molecule has 1 saturated heterocycles. The molecule has 1 aliphatic heterocycles. The van der Waals surface area contributed by atoms with Gasteiger partial charge in [-0.2, -0.15) is 0 Å². The van der Waals surface area contributed by atoms with Crippen molar-refractivity contribution in [3.05, 3.63) is 35.9 Å². The first-order chi connectivity index (χ1) is 11.1. The van der Waals surface area contributed by atoms with E-state index in [0.29, 0.717) is 19.4 Å². The first-order valence-electron chi connectivity index (χ1n) is 7.93. The Morgan fingerprint density at radius 2 is 2.04 bits per heavy atom. The molecule has 1 N–H and O–H groups in total. The number of ether oxygens (including phenoxy) is 2. The maximum absolute atomic E-state index is 12.1. The van der Waals surface area contributed by atoms with Gasteiger partial charge in [-0.3, -0.25) is 4.90 Å². The molecule has 0 unspecified atom stereocenters. The van der Waals surface area contributed by atoms with Gasteiger partial charge in [-0.25, -0.2) is 9.59 Å². The van der Waals surface area contributed by atoms with Crippen LogP contribution in [0.2, 0.25) is 0 Å². The largest absolute Gasteiger partial charge is 0.480 e. The van der Waals surface area contributed by atoms with E-state index in [1.807, 2.05) is 37.3 Å². The number of aliphatic carboxylic acids is 1. The molecule has 1 heterocycles. The third-order valence-corrected chi connectivity index (χ3v) is 3.86. The van der Waals surface area contributed by atoms with Crippen molar-refractivity contribution >= 4 is 12.1 Å². The number of rotatable bonds is 7. The van der Waals surface area contributed by atoms with E-state index in [1.165, 1.54) is 10.5 Å². The summed E-state index contributed by atoms with van der Waals surface area (Å²) in [6, 6.07) is 9.07. The standard InChI is InChI=1S/C17H23NO5/c1-2-22-14-11-15(16(19)20)18(12-14)17(21)23-10-6-9-13-7-4-3-5-8-13/h3-5,7-8,14-15H,2,6,9-12H2,1H3,(H,19,20)/t14-,15-/m1/s1. The smallest absolute Gasteiger partial charge is 0.410 e. The third-order valence-electron chi connectivity index (χ3n) is 3.86. The van der Waals surface area contributed by atoms with Crippen LogP contribution in [0.4, 0.5) is 4.79 Å². The van der Waals surface area contributed by atoms with Crippen molar-refractivity contribution in [3.63, 3.8) is 0 Å². The van der Waals surface area contributed by atoms with Gasteiger partial charge in [0.25, 0.3) is 0 Å². The van der Waals surface area contributed by atoms with E-state index in [2.05, 4.69) is 0 Å². The minimum Gasteiger partial charge on any atom is -0.480 e. The molecule has 0 spiro atoms. The molecule has 0 aliphatic carbocycles. The lowest BCUT2D eigenvalue weighted by atomic mass is 10.1. The van der Waals surface area contributed by atoms with Crippen LogP contribution in [0.25, 0.3) is 0 Å². The van der Waals surface area contributed by atoms with Crippen LogP contribution < -0.4 is 0 Å². The number of carbonyl (C=O) groups excluding carboxylic acids is 1. The topological polar surface area (TPSA) is 76.1 Å². The Labute approximate surface area is 136 Å². The second kappa shape index (κ2) is 8.53. The summed E-state index contributed by atoms with van der Waals surface area (Å²) < 4.78 is 10.7. The first-order valence-corrected chi connectivity index (χ1v) is 7.93. The molecule has 0 bridgehead atoms. The molecule has 0 saturated carbocycles. The maximum Gasteiger partial charge on any atom is 0.410 e. The van der Waals surface area contributed by atoms with E-state index < -0.39 is 18.1 Å². The summed E-state index contributed by atoms with van der Waals surface area (Å²) in [4.78, 5) is 24.6. The lowest BCUT2D eigenvalue weighted by molar-refractivity contribution is -0.141. The van der Waals surface area contributed by atoms with Gasteiger partial charge in [-0.15, -0.1) is 0 Å². The zero-order chi connectivity index (χ0) is 16.7. The zero-order valence-electron chi connectivity index (χ0n) is 13.3. The monoisotopic (exact) mass is 321 g/mol. The van der Waals surface area contributed by atoms with Gasteiger partial charge in [0.15, 0.2) is 0 Å². The summed E-state index contributed by atoms with van der Waals surface area (Å²) in [5.41, 5.74) is 1.18. The summed E-state index contributed by atoms with van der Waals surface area (Å²) in [7, 11) is 0. The van der Waals surface area contributed by atoms with E-state index in [9.17, 15) is 14.7 Å². The third kappa shape index (κ3) is 4.96. The average molecular weight is 321 g/mol. The van der Waals surface area contributed by atoms with Crippen molar-refractivity contribution in [2.75, 3.05) is 19.8 Å². The molecule has 6 nitrogen and oxygen atoms in total. The first kappa shape index (κ1) is 17.3. The fourth-order valence-corrected chi connectivity index (χ4v) is 2.75. The number of carboxylic acid groups (broad SMARTS) is 1. The molecule has 23 heavy (non-hydrogen) atoms. The summed E-state index contributed by atoms with van der Waals surface area (Å²) >= 11 is 0. The minimum atomic E-state index is -1.02. The number of aryl methyl sites for hydroxylation is 1. The zero-order valence-corrected chi connectivity index (χ0v) is 13.3. The van der Waals surface area contributed by atoms with Crippen LogP contribution in [0.15, 0.2) is 30.3 Å². The van der Waals surface area contributed by atoms with Crippen molar-refractivity contribution in [1.29, 1.82) is 0 Å². The van der Waals surface area contributed by atoms with Crippen LogP contribution in [-0.2, 0) is 20.7 Å². The van der Waals surface area contributed by atoms with Gasteiger partial charge in [0.2, 0.25) is 0 Å². The summed E-state index contributed by atoms with van der Waals surface area (Å²) in [5.74, 6) is -1.02. The van der Waals surface area contributed by atoms with Gasteiger partial charge in [0.1, 0.15) is 6.04 Å². The summed E-state index contributed by atoms with van der Waals surface area (Å²) in [6.07, 6.45) is 1.02. The normalized spacial score (nSPS) is 20.5. The number of hydrogen-bond acceptors (Lipinski definition) is 4. The summed E-state index contributed by atoms with van der Waals surface area (Å²) in [6.45, 7) is 2.88. The second-order valence-corrected chi connectivity index (χ2v) is 5.52. The van der Waals surface area contributed by atoms with Crippen molar-refractivity contribution in [3.8, 4) is 0 Å². The molecular formula is C17H23NO5. The molecule has 2 atom stereocenters. The van der Waals surface area contributed by atoms with Crippen LogP contribution in [0.1, 0.15) is 25.3 Å². The number of likely N-dealkylation sites (tertiary alicyclic amines) is 1. The van der Waals surface area contributed by atoms with Crippen LogP contribution in [0.3, 0.4) is 0 Å². The van der Waals surface area contributed by atoms with Gasteiger partial charge in [-0.1, -0.05) is 30.3 Å². The highest BCUT2D eigenvalue weighted by atomic mass is 16.6. The van der Waals surface area contributed by atoms with E-state index in [-0.39, 0.29) is 19.3 Å². The van der Waals surface area contributed by atoms with Crippen molar-refractivity contribution in [1.82, 2.24) is 4.90 Å². The van der Waals surface area contributed by atoms with E-state index in [0.717, 1.165) is 6.42 Å². The van der Waals surface area contributed by atoms with Gasteiger partial charge in [0.05, 0.1) is 19.3 Å². The quantitative estimate of drug-likeness (QED) is 0.780. The van der Waals surface area contributed by atoms with Crippen molar-refractivity contribution in [2.24, 2.45) is 0 Å². The number of benzene rings is 1. The highest BCUT2D eigenvalue weighted by Crippen LogP contribution is 2.21. The molecule has 1 aromatic rings. The van der Waals surface area contributed by atoms with Crippen LogP contribution in [0, 0.1) is 0 Å². The lowest BCUT2D eigenvalue weighted by Gasteiger charge is -2.20. The Hall–Kier alpha value is -2.08. The van der Waals surface area contributed by atoms with Gasteiger partial charge >= 0.3 is 12.1 Å². The SMILES string of the molecule is CCO[C@@H]1C[C@H](C(=O)O)N(C(=O)OCCCc2ccccc2)C1. The molecule has 126 valence electrons. The van der Waals surface area contributed by atoms with E-state index >= 15 is 0 Å². The number of carboxylic acids is 1. The fourth-order valence-electron chi connectivity index (χ4n) is 2.75. The highest BCUT2D eigenvalue weighted by molar-refractivity contribution is 5.80. The fraction of sp³-hybridized carbons (Fsp3) is 0.529. The molecule has 6 heteroatoms. The molecule has 1 amide bonds. The Morgan fingerprint density at radius 3 is 2.70 bits per heavy atom. The maximum atomic E-state index is 12.1. The minimum absolute atomic E-state index is 0.238. The predicted octanol–water partition coefficient (Wildman–Crippen LogP) is 2.32.